The van der Waals surface area contributed by atoms with E-state index < -0.39 is 22.0 Å². The quantitative estimate of drug-likeness (QED) is 0.693. The lowest BCUT2D eigenvalue weighted by Crippen LogP contribution is -2.44. The summed E-state index contributed by atoms with van der Waals surface area (Å²) < 4.78 is 30.7. The van der Waals surface area contributed by atoms with Gasteiger partial charge in [-0.05, 0) is 18.6 Å². The fourth-order valence-electron chi connectivity index (χ4n) is 1.64. The van der Waals surface area contributed by atoms with E-state index in [1.54, 1.807) is 18.3 Å². The molecule has 0 fully saturated rings. The third-order valence-corrected chi connectivity index (χ3v) is 4.13. The van der Waals surface area contributed by atoms with Crippen molar-refractivity contribution in [1.29, 1.82) is 0 Å². The van der Waals surface area contributed by atoms with Crippen molar-refractivity contribution in [3.8, 4) is 0 Å². The third kappa shape index (κ3) is 5.44. The summed E-state index contributed by atoms with van der Waals surface area (Å²) in [5.74, 6) is -0.573. The first-order chi connectivity index (χ1) is 8.98. The van der Waals surface area contributed by atoms with Crippen molar-refractivity contribution in [1.82, 2.24) is 9.71 Å². The zero-order chi connectivity index (χ0) is 14.3. The van der Waals surface area contributed by atoms with Gasteiger partial charge >= 0.3 is 5.97 Å². The van der Waals surface area contributed by atoms with Crippen LogP contribution in [0.2, 0.25) is 0 Å². The van der Waals surface area contributed by atoms with Gasteiger partial charge in [-0.3, -0.25) is 4.79 Å². The Labute approximate surface area is 113 Å². The summed E-state index contributed by atoms with van der Waals surface area (Å²) in [6, 6.07) is 2.68. The van der Waals surface area contributed by atoms with Gasteiger partial charge < -0.3 is 9.72 Å². The van der Waals surface area contributed by atoms with Crippen molar-refractivity contribution in [3.05, 3.63) is 24.0 Å². The number of aromatic nitrogens is 1. The Hall–Kier alpha value is -1.34. The number of H-pyrrole nitrogens is 1. The molecule has 1 aromatic rings. The largest absolute Gasteiger partial charge is 0.468 e. The number of hydrogen-bond acceptors (Lipinski definition) is 4. The van der Waals surface area contributed by atoms with Crippen LogP contribution in [0.15, 0.2) is 18.3 Å². The minimum Gasteiger partial charge on any atom is -0.468 e. The Kier molecular flexibility index (Phi) is 6.04. The molecule has 1 heterocycles. The fraction of sp³-hybridized carbons (Fsp3) is 0.583. The first kappa shape index (κ1) is 15.7. The Bertz CT molecular complexity index is 482. The molecular weight excluding hydrogens is 268 g/mol. The summed E-state index contributed by atoms with van der Waals surface area (Å²) in [6.07, 6.45) is 3.30. The highest BCUT2D eigenvalue weighted by Gasteiger charge is 2.25. The van der Waals surface area contributed by atoms with E-state index in [-0.39, 0.29) is 12.2 Å². The maximum absolute atomic E-state index is 11.8. The maximum Gasteiger partial charge on any atom is 0.324 e. The van der Waals surface area contributed by atoms with E-state index in [9.17, 15) is 13.2 Å². The highest BCUT2D eigenvalue weighted by Crippen LogP contribution is 2.04. The van der Waals surface area contributed by atoms with E-state index in [0.29, 0.717) is 6.42 Å². The lowest BCUT2D eigenvalue weighted by atomic mass is 10.2. The summed E-state index contributed by atoms with van der Waals surface area (Å²) in [4.78, 5) is 14.6. The number of ether oxygens (including phenoxy) is 1. The van der Waals surface area contributed by atoms with Crippen molar-refractivity contribution in [2.75, 3.05) is 12.9 Å². The molecule has 0 saturated carbocycles. The summed E-state index contributed by atoms with van der Waals surface area (Å²) in [5, 5.41) is 0. The van der Waals surface area contributed by atoms with Crippen LogP contribution in [0, 0.1) is 0 Å². The van der Waals surface area contributed by atoms with Gasteiger partial charge in [0.1, 0.15) is 6.04 Å². The van der Waals surface area contributed by atoms with Gasteiger partial charge in [0.15, 0.2) is 0 Å². The van der Waals surface area contributed by atoms with Gasteiger partial charge in [0, 0.05) is 18.3 Å². The number of carbonyl (C=O) groups is 1. The molecule has 1 atom stereocenters. The maximum atomic E-state index is 11.8. The summed E-state index contributed by atoms with van der Waals surface area (Å²) in [6.45, 7) is 1.91. The number of aromatic amines is 1. The Morgan fingerprint density at radius 2 is 2.26 bits per heavy atom. The number of sulfonamides is 1. The molecular formula is C12H20N2O4S. The molecule has 1 aromatic heterocycles. The van der Waals surface area contributed by atoms with Crippen molar-refractivity contribution in [3.63, 3.8) is 0 Å². The van der Waals surface area contributed by atoms with Gasteiger partial charge in [0.05, 0.1) is 12.9 Å². The van der Waals surface area contributed by atoms with E-state index in [2.05, 4.69) is 14.4 Å². The molecule has 0 amide bonds. The fourth-order valence-corrected chi connectivity index (χ4v) is 3.04. The van der Waals surface area contributed by atoms with Crippen LogP contribution < -0.4 is 4.72 Å². The van der Waals surface area contributed by atoms with E-state index in [1.165, 1.54) is 7.11 Å². The summed E-state index contributed by atoms with van der Waals surface area (Å²) in [7, 11) is -2.23. The van der Waals surface area contributed by atoms with Gasteiger partial charge in [-0.25, -0.2) is 13.1 Å². The molecule has 19 heavy (non-hydrogen) atoms. The van der Waals surface area contributed by atoms with Crippen LogP contribution in [0.1, 0.15) is 25.5 Å². The molecule has 6 nitrogen and oxygen atoms in total. The highest BCUT2D eigenvalue weighted by atomic mass is 32.2. The zero-order valence-electron chi connectivity index (χ0n) is 11.2. The molecule has 1 rings (SSSR count). The first-order valence-electron chi connectivity index (χ1n) is 6.18. The number of hydrogen-bond donors (Lipinski definition) is 2. The van der Waals surface area contributed by atoms with E-state index >= 15 is 0 Å². The van der Waals surface area contributed by atoms with Crippen LogP contribution >= 0.6 is 0 Å². The van der Waals surface area contributed by atoms with Gasteiger partial charge in [0.2, 0.25) is 10.0 Å². The van der Waals surface area contributed by atoms with E-state index in [0.717, 1.165) is 12.1 Å². The molecule has 0 aliphatic rings. The third-order valence-electron chi connectivity index (χ3n) is 2.66. The second-order valence-electron chi connectivity index (χ2n) is 4.27. The van der Waals surface area contributed by atoms with Crippen LogP contribution in [0.25, 0.3) is 0 Å². The molecule has 0 radical (unpaired) electrons. The predicted molar refractivity (Wildman–Crippen MR) is 72.1 cm³/mol. The minimum atomic E-state index is -3.47. The van der Waals surface area contributed by atoms with E-state index in [4.69, 9.17) is 0 Å². The molecule has 108 valence electrons. The number of esters is 1. The van der Waals surface area contributed by atoms with E-state index in [1.807, 2.05) is 6.92 Å². The van der Waals surface area contributed by atoms with Crippen molar-refractivity contribution >= 4 is 16.0 Å². The Morgan fingerprint density at radius 3 is 2.79 bits per heavy atom. The van der Waals surface area contributed by atoms with Gasteiger partial charge in [-0.1, -0.05) is 13.3 Å². The average Bonchev–Trinajstić information content (AvgIpc) is 2.87. The van der Waals surface area contributed by atoms with Crippen LogP contribution in [0.4, 0.5) is 0 Å². The molecule has 0 aromatic carbocycles. The van der Waals surface area contributed by atoms with Crippen LogP contribution in [0.5, 0.6) is 0 Å². The predicted octanol–water partition coefficient (Wildman–Crippen LogP) is 0.818. The SMILES string of the molecule is CCCCS(=O)(=O)NC(Cc1ccc[nH]1)C(=O)OC. The molecule has 0 bridgehead atoms. The minimum absolute atomic E-state index is 0.0156. The summed E-state index contributed by atoms with van der Waals surface area (Å²) in [5.41, 5.74) is 0.772. The molecule has 0 aliphatic heterocycles. The molecule has 0 spiro atoms. The molecule has 7 heteroatoms. The molecule has 1 unspecified atom stereocenters. The monoisotopic (exact) mass is 288 g/mol. The van der Waals surface area contributed by atoms with Crippen molar-refractivity contribution < 1.29 is 17.9 Å². The second kappa shape index (κ2) is 7.30. The Balaban J connectivity index is 2.72. The molecule has 2 N–H and O–H groups in total. The van der Waals surface area contributed by atoms with Gasteiger partial charge in [0.25, 0.3) is 0 Å². The topological polar surface area (TPSA) is 88.3 Å². The lowest BCUT2D eigenvalue weighted by molar-refractivity contribution is -0.142. The zero-order valence-corrected chi connectivity index (χ0v) is 12.0. The van der Waals surface area contributed by atoms with Crippen molar-refractivity contribution in [2.45, 2.75) is 32.2 Å². The number of rotatable bonds is 8. The van der Waals surface area contributed by atoms with Crippen LogP contribution in [0.3, 0.4) is 0 Å². The first-order valence-corrected chi connectivity index (χ1v) is 7.84. The van der Waals surface area contributed by atoms with Gasteiger partial charge in [-0.15, -0.1) is 0 Å². The normalized spacial score (nSPS) is 13.2. The highest BCUT2D eigenvalue weighted by molar-refractivity contribution is 7.89. The standard InChI is InChI=1S/C12H20N2O4S/c1-3-4-8-19(16,17)14-11(12(15)18-2)9-10-6-5-7-13-10/h5-7,11,13-14H,3-4,8-9H2,1-2H3. The molecule has 0 saturated heterocycles. The number of unbranched alkanes of at least 4 members (excludes halogenated alkanes) is 1. The second-order valence-corrected chi connectivity index (χ2v) is 6.14. The lowest BCUT2D eigenvalue weighted by Gasteiger charge is -2.16. The van der Waals surface area contributed by atoms with Crippen LogP contribution in [-0.2, 0) is 26.0 Å². The number of methoxy groups -OCH3 is 1. The smallest absolute Gasteiger partial charge is 0.324 e. The van der Waals surface area contributed by atoms with Crippen LogP contribution in [-0.4, -0.2) is 38.3 Å². The van der Waals surface area contributed by atoms with Crippen molar-refractivity contribution in [2.24, 2.45) is 0 Å². The Morgan fingerprint density at radius 1 is 1.53 bits per heavy atom. The number of carbonyl (C=O) groups excluding carboxylic acids is 1. The van der Waals surface area contributed by atoms with Gasteiger partial charge in [-0.2, -0.15) is 0 Å². The number of nitrogens with one attached hydrogen (secondary N) is 2. The average molecular weight is 288 g/mol. The molecule has 0 aliphatic carbocycles. The summed E-state index contributed by atoms with van der Waals surface area (Å²) >= 11 is 0.